The second-order valence-electron chi connectivity index (χ2n) is 5.79. The van der Waals surface area contributed by atoms with Gasteiger partial charge in [0.25, 0.3) is 0 Å². The van der Waals surface area contributed by atoms with Gasteiger partial charge in [0.15, 0.2) is 0 Å². The molecule has 124 valence electrons. The fourth-order valence-corrected chi connectivity index (χ4v) is 4.12. The number of aliphatic hydroxyl groups is 1. The maximum atomic E-state index is 11.7. The largest absolute Gasteiger partial charge is 0.497 e. The van der Waals surface area contributed by atoms with Crippen LogP contribution in [0.5, 0.6) is 5.75 Å². The van der Waals surface area contributed by atoms with Crippen LogP contribution >= 0.6 is 0 Å². The number of fused-ring (bicyclic) bond motifs is 1. The van der Waals surface area contributed by atoms with Gasteiger partial charge in [-0.25, -0.2) is 4.21 Å². The molecule has 1 aromatic heterocycles. The van der Waals surface area contributed by atoms with E-state index in [0.717, 1.165) is 22.2 Å². The number of nitrogens with one attached hydrogen (secondary N) is 1. The zero-order chi connectivity index (χ0) is 16.4. The van der Waals surface area contributed by atoms with Gasteiger partial charge in [-0.2, -0.15) is 0 Å². The summed E-state index contributed by atoms with van der Waals surface area (Å²) in [5.74, 6) is 1.42. The minimum absolute atomic E-state index is 0.332. The van der Waals surface area contributed by atoms with Crippen LogP contribution in [0.25, 0.3) is 10.9 Å². The molecular weight excluding hydrogens is 314 g/mol. The van der Waals surface area contributed by atoms with Crippen molar-refractivity contribution >= 4 is 20.6 Å². The van der Waals surface area contributed by atoms with Gasteiger partial charge >= 0.3 is 0 Å². The Morgan fingerprint density at radius 2 is 2.13 bits per heavy atom. The number of hydrogen-bond donors (Lipinski definition) is 2. The first-order valence-corrected chi connectivity index (χ1v) is 9.46. The summed E-state index contributed by atoms with van der Waals surface area (Å²) in [4.78, 5) is 6.25. The maximum absolute atomic E-state index is 11.7. The molecule has 0 spiro atoms. The van der Waals surface area contributed by atoms with Crippen LogP contribution in [-0.2, 0) is 16.1 Å². The maximum Gasteiger partial charge on any atom is 0.121 e. The zero-order valence-electron chi connectivity index (χ0n) is 13.1. The lowest BCUT2D eigenvalue weighted by molar-refractivity contribution is 0.0109. The van der Waals surface area contributed by atoms with Gasteiger partial charge in [-0.05, 0) is 23.8 Å². The number of hydrogen-bond acceptors (Lipinski definition) is 6. The van der Waals surface area contributed by atoms with E-state index in [0.29, 0.717) is 31.0 Å². The van der Waals surface area contributed by atoms with Gasteiger partial charge in [0.1, 0.15) is 12.0 Å². The minimum Gasteiger partial charge on any atom is -0.497 e. The zero-order valence-corrected chi connectivity index (χ0v) is 13.9. The summed E-state index contributed by atoms with van der Waals surface area (Å²) < 4.78 is 24.5. The van der Waals surface area contributed by atoms with Crippen LogP contribution in [0.1, 0.15) is 5.56 Å². The number of ether oxygens (including phenoxy) is 1. The topological polar surface area (TPSA) is 86.5 Å². The van der Waals surface area contributed by atoms with E-state index in [4.69, 9.17) is 9.52 Å². The first-order chi connectivity index (χ1) is 11.0. The molecule has 1 aliphatic heterocycles. The van der Waals surface area contributed by atoms with Crippen molar-refractivity contribution in [3.63, 3.8) is 0 Å². The predicted molar refractivity (Wildman–Crippen MR) is 90.2 cm³/mol. The van der Waals surface area contributed by atoms with E-state index >= 15 is 0 Å². The number of aliphatic hydroxyl groups excluding tert-OH is 1. The molecule has 23 heavy (non-hydrogen) atoms. The fraction of sp³-hybridized carbons (Fsp3) is 0.438. The van der Waals surface area contributed by atoms with Gasteiger partial charge in [0.05, 0.1) is 12.6 Å². The van der Waals surface area contributed by atoms with Crippen molar-refractivity contribution in [2.45, 2.75) is 12.6 Å². The number of benzene rings is 1. The summed E-state index contributed by atoms with van der Waals surface area (Å²) >= 11 is 0. The van der Waals surface area contributed by atoms with E-state index in [-0.39, 0.29) is 0 Å². The van der Waals surface area contributed by atoms with Crippen LogP contribution in [0.15, 0.2) is 30.5 Å². The third kappa shape index (κ3) is 3.63. The molecule has 0 saturated carbocycles. The predicted octanol–water partition coefficient (Wildman–Crippen LogP) is 1.47. The standard InChI is InChI=1S/C16H21N3O3S/c1-22-13-2-3-14-12(4-5-18-15(14)11-13)10-16(20)19-6-8-23(17,21)9-7-19/h2-5,11,16-17,20H,6-10H2,1H3. The normalized spacial score (nSPS) is 19.6. The average molecular weight is 335 g/mol. The lowest BCUT2D eigenvalue weighted by Gasteiger charge is -2.32. The highest BCUT2D eigenvalue weighted by Crippen LogP contribution is 2.23. The molecule has 0 bridgehead atoms. The molecule has 2 N–H and O–H groups in total. The highest BCUT2D eigenvalue weighted by Gasteiger charge is 2.24. The van der Waals surface area contributed by atoms with Crippen LogP contribution in [0, 0.1) is 4.78 Å². The first kappa shape index (κ1) is 16.2. The van der Waals surface area contributed by atoms with Crippen molar-refractivity contribution in [1.82, 2.24) is 9.88 Å². The number of rotatable bonds is 4. The third-order valence-electron chi connectivity index (χ3n) is 4.28. The highest BCUT2D eigenvalue weighted by atomic mass is 32.2. The van der Waals surface area contributed by atoms with E-state index in [2.05, 4.69) is 4.98 Å². The average Bonchev–Trinajstić information content (AvgIpc) is 2.54. The molecule has 1 fully saturated rings. The molecule has 3 rings (SSSR count). The summed E-state index contributed by atoms with van der Waals surface area (Å²) in [6.45, 7) is 1.00. The molecule has 6 nitrogen and oxygen atoms in total. The second kappa shape index (κ2) is 6.43. The molecule has 0 amide bonds. The Hall–Kier alpha value is -1.70. The monoisotopic (exact) mass is 335 g/mol. The molecule has 0 aliphatic carbocycles. The fourth-order valence-electron chi connectivity index (χ4n) is 2.86. The van der Waals surface area contributed by atoms with Crippen molar-refractivity contribution in [3.05, 3.63) is 36.0 Å². The highest BCUT2D eigenvalue weighted by molar-refractivity contribution is 7.92. The summed E-state index contributed by atoms with van der Waals surface area (Å²) in [6, 6.07) is 7.63. The Labute approximate surface area is 136 Å². The number of aromatic nitrogens is 1. The number of pyridine rings is 1. The van der Waals surface area contributed by atoms with Crippen LogP contribution < -0.4 is 4.74 Å². The van der Waals surface area contributed by atoms with Crippen LogP contribution in [0.3, 0.4) is 0 Å². The van der Waals surface area contributed by atoms with E-state index in [1.165, 1.54) is 0 Å². The van der Waals surface area contributed by atoms with Crippen LogP contribution in [-0.4, -0.2) is 57.1 Å². The smallest absolute Gasteiger partial charge is 0.121 e. The van der Waals surface area contributed by atoms with Gasteiger partial charge < -0.3 is 9.84 Å². The van der Waals surface area contributed by atoms with Crippen LogP contribution in [0.4, 0.5) is 0 Å². The summed E-state index contributed by atoms with van der Waals surface area (Å²) in [5, 5.41) is 11.5. The minimum atomic E-state index is -2.44. The van der Waals surface area contributed by atoms with Crippen molar-refractivity contribution in [1.29, 1.82) is 4.78 Å². The van der Waals surface area contributed by atoms with Crippen molar-refractivity contribution in [3.8, 4) is 5.75 Å². The van der Waals surface area contributed by atoms with E-state index in [1.54, 1.807) is 13.3 Å². The Kier molecular flexibility index (Phi) is 4.52. The Morgan fingerprint density at radius 3 is 2.83 bits per heavy atom. The molecule has 2 aromatic rings. The van der Waals surface area contributed by atoms with Crippen molar-refractivity contribution in [2.75, 3.05) is 31.7 Å². The summed E-state index contributed by atoms with van der Waals surface area (Å²) in [5.41, 5.74) is 1.85. The molecule has 0 radical (unpaired) electrons. The Morgan fingerprint density at radius 1 is 1.39 bits per heavy atom. The van der Waals surface area contributed by atoms with E-state index in [9.17, 15) is 9.32 Å². The third-order valence-corrected chi connectivity index (χ3v) is 5.96. The number of methoxy groups -OCH3 is 1. The van der Waals surface area contributed by atoms with E-state index < -0.39 is 16.0 Å². The SMILES string of the molecule is COc1ccc2c(CC(O)N3CCS(=N)(=O)CC3)ccnc2c1. The molecule has 1 unspecified atom stereocenters. The second-order valence-corrected chi connectivity index (χ2v) is 8.23. The summed E-state index contributed by atoms with van der Waals surface area (Å²) in [7, 11) is -0.821. The Balaban J connectivity index is 1.78. The molecule has 2 heterocycles. The van der Waals surface area contributed by atoms with Crippen LogP contribution in [0.2, 0.25) is 0 Å². The molecule has 7 heteroatoms. The lowest BCUT2D eigenvalue weighted by atomic mass is 10.0. The summed E-state index contributed by atoms with van der Waals surface area (Å²) in [6.07, 6.45) is 1.57. The molecule has 1 atom stereocenters. The molecule has 1 aliphatic rings. The molecular formula is C16H21N3O3S. The van der Waals surface area contributed by atoms with Crippen molar-refractivity contribution in [2.24, 2.45) is 0 Å². The van der Waals surface area contributed by atoms with Gasteiger partial charge in [-0.3, -0.25) is 14.7 Å². The number of nitrogens with zero attached hydrogens (tertiary/aromatic N) is 2. The van der Waals surface area contributed by atoms with Crippen molar-refractivity contribution < 1.29 is 14.1 Å². The van der Waals surface area contributed by atoms with E-state index in [1.807, 2.05) is 29.2 Å². The van der Waals surface area contributed by atoms with Gasteiger partial charge in [0.2, 0.25) is 0 Å². The first-order valence-electron chi connectivity index (χ1n) is 7.56. The Bertz CT molecular complexity index is 793. The molecule has 1 saturated heterocycles. The quantitative estimate of drug-likeness (QED) is 0.883. The van der Waals surface area contributed by atoms with Gasteiger partial charge in [0, 0.05) is 58.4 Å². The lowest BCUT2D eigenvalue weighted by Crippen LogP contribution is -2.46. The van der Waals surface area contributed by atoms with Gasteiger partial charge in [-0.15, -0.1) is 0 Å². The molecule has 1 aromatic carbocycles. The van der Waals surface area contributed by atoms with Gasteiger partial charge in [-0.1, -0.05) is 0 Å².